The summed E-state index contributed by atoms with van der Waals surface area (Å²) in [7, 11) is 0. The Hall–Kier alpha value is -0.970. The molecule has 4 heteroatoms. The second kappa shape index (κ2) is 6.74. The third kappa shape index (κ3) is 3.00. The molecule has 4 atom stereocenters. The summed E-state index contributed by atoms with van der Waals surface area (Å²) in [5.74, 6) is 0.661. The second-order valence-corrected chi connectivity index (χ2v) is 8.60. The molecule has 0 amide bonds. The van der Waals surface area contributed by atoms with E-state index in [0.717, 1.165) is 28.2 Å². The van der Waals surface area contributed by atoms with Gasteiger partial charge in [0.05, 0.1) is 0 Å². The van der Waals surface area contributed by atoms with E-state index in [1.807, 2.05) is 0 Å². The lowest BCUT2D eigenvalue weighted by Crippen LogP contribution is -2.50. The van der Waals surface area contributed by atoms with Gasteiger partial charge in [-0.2, -0.15) is 0 Å². The fourth-order valence-electron chi connectivity index (χ4n) is 4.20. The number of ketones is 1. The summed E-state index contributed by atoms with van der Waals surface area (Å²) in [5, 5.41) is 3.81. The molecular formula is C20H19Br2NO. The third-order valence-electron chi connectivity index (χ3n) is 5.38. The van der Waals surface area contributed by atoms with Gasteiger partial charge >= 0.3 is 0 Å². The van der Waals surface area contributed by atoms with Gasteiger partial charge in [-0.1, -0.05) is 62.5 Å². The first-order valence-corrected chi connectivity index (χ1v) is 10.0. The van der Waals surface area contributed by atoms with Crippen molar-refractivity contribution < 1.29 is 4.79 Å². The van der Waals surface area contributed by atoms with Crippen molar-refractivity contribution in [1.29, 1.82) is 0 Å². The van der Waals surface area contributed by atoms with Crippen molar-refractivity contribution in [2.45, 2.75) is 31.3 Å². The summed E-state index contributed by atoms with van der Waals surface area (Å²) in [6, 6.07) is 17.0. The highest BCUT2D eigenvalue weighted by atomic mass is 79.9. The topological polar surface area (TPSA) is 29.1 Å². The van der Waals surface area contributed by atoms with Gasteiger partial charge in [0.1, 0.15) is 5.78 Å². The van der Waals surface area contributed by atoms with Crippen LogP contribution in [0, 0.1) is 11.8 Å². The number of fused-ring (bicyclic) bond motifs is 2. The van der Waals surface area contributed by atoms with Crippen molar-refractivity contribution in [2.24, 2.45) is 11.8 Å². The normalized spacial score (nSPS) is 29.5. The highest BCUT2D eigenvalue weighted by Gasteiger charge is 2.46. The Morgan fingerprint density at radius 1 is 0.750 bits per heavy atom. The molecule has 2 aromatic rings. The van der Waals surface area contributed by atoms with E-state index in [2.05, 4.69) is 85.7 Å². The van der Waals surface area contributed by atoms with E-state index in [9.17, 15) is 4.79 Å². The predicted molar refractivity (Wildman–Crippen MR) is 103 cm³/mol. The van der Waals surface area contributed by atoms with Crippen LogP contribution >= 0.6 is 31.9 Å². The van der Waals surface area contributed by atoms with E-state index in [0.29, 0.717) is 5.78 Å². The molecule has 1 N–H and O–H groups in total. The molecule has 1 aliphatic carbocycles. The zero-order valence-corrected chi connectivity index (χ0v) is 16.4. The van der Waals surface area contributed by atoms with Crippen molar-refractivity contribution in [3.8, 4) is 0 Å². The molecule has 124 valence electrons. The van der Waals surface area contributed by atoms with Crippen molar-refractivity contribution >= 4 is 37.6 Å². The first-order chi connectivity index (χ1) is 11.6. The first kappa shape index (κ1) is 16.5. The van der Waals surface area contributed by atoms with Gasteiger partial charge in [-0.3, -0.25) is 4.79 Å². The maximum atomic E-state index is 13.1. The Bertz CT molecular complexity index is 680. The van der Waals surface area contributed by atoms with E-state index < -0.39 is 0 Å². The second-order valence-electron chi connectivity index (χ2n) is 6.77. The number of halogens is 2. The van der Waals surface area contributed by atoms with Crippen LogP contribution < -0.4 is 5.32 Å². The minimum absolute atomic E-state index is 0.107. The van der Waals surface area contributed by atoms with E-state index in [4.69, 9.17) is 0 Å². The lowest BCUT2D eigenvalue weighted by atomic mass is 9.67. The molecule has 0 aromatic heterocycles. The van der Waals surface area contributed by atoms with Gasteiger partial charge in [-0.05, 0) is 48.2 Å². The fourth-order valence-corrected chi connectivity index (χ4v) is 4.73. The number of carbonyl (C=O) groups is 1. The SMILES string of the molecule is O=C1[C@@H]2CCC[C@@H]1[C@@H](c1ccc(Br)cc1)N[C@@H]2c1ccc(Br)cc1. The summed E-state index contributed by atoms with van der Waals surface area (Å²) in [4.78, 5) is 13.1. The van der Waals surface area contributed by atoms with Crippen molar-refractivity contribution in [2.75, 3.05) is 0 Å². The number of rotatable bonds is 2. The highest BCUT2D eigenvalue weighted by molar-refractivity contribution is 9.10. The zero-order valence-electron chi connectivity index (χ0n) is 13.2. The number of nitrogens with one attached hydrogen (secondary N) is 1. The molecule has 1 heterocycles. The summed E-state index contributed by atoms with van der Waals surface area (Å²) in [6.07, 6.45) is 3.13. The Balaban J connectivity index is 1.71. The van der Waals surface area contributed by atoms with Crippen LogP contribution in [-0.2, 0) is 4.79 Å². The maximum absolute atomic E-state index is 13.1. The Kier molecular flexibility index (Phi) is 4.63. The van der Waals surface area contributed by atoms with Gasteiger partial charge in [0.2, 0.25) is 0 Å². The average molecular weight is 449 g/mol. The average Bonchev–Trinajstić information content (AvgIpc) is 2.57. The number of carbonyl (C=O) groups excluding carboxylic acids is 1. The minimum Gasteiger partial charge on any atom is -0.302 e. The largest absolute Gasteiger partial charge is 0.302 e. The number of Topliss-reactive ketones (excluding diaryl/α,β-unsaturated/α-hetero) is 1. The van der Waals surface area contributed by atoms with Gasteiger partial charge in [-0.15, -0.1) is 0 Å². The molecule has 2 aromatic carbocycles. The van der Waals surface area contributed by atoms with E-state index >= 15 is 0 Å². The minimum atomic E-state index is 0.107. The lowest BCUT2D eigenvalue weighted by Gasteiger charge is -2.45. The van der Waals surface area contributed by atoms with Gasteiger partial charge < -0.3 is 5.32 Å². The lowest BCUT2D eigenvalue weighted by molar-refractivity contribution is -0.135. The van der Waals surface area contributed by atoms with Gasteiger partial charge in [0.25, 0.3) is 0 Å². The van der Waals surface area contributed by atoms with Crippen LogP contribution in [0.1, 0.15) is 42.5 Å². The molecule has 2 nitrogen and oxygen atoms in total. The molecule has 1 saturated carbocycles. The molecule has 1 saturated heterocycles. The van der Waals surface area contributed by atoms with Crippen LogP contribution in [0.2, 0.25) is 0 Å². The van der Waals surface area contributed by atoms with E-state index in [1.165, 1.54) is 11.1 Å². The van der Waals surface area contributed by atoms with E-state index in [-0.39, 0.29) is 23.9 Å². The molecule has 2 fully saturated rings. The van der Waals surface area contributed by atoms with Gasteiger partial charge in [-0.25, -0.2) is 0 Å². The molecular weight excluding hydrogens is 430 g/mol. The summed E-state index contributed by atoms with van der Waals surface area (Å²) in [5.41, 5.74) is 2.41. The van der Waals surface area contributed by atoms with Crippen LogP contribution in [0.25, 0.3) is 0 Å². The smallest absolute Gasteiger partial charge is 0.142 e. The maximum Gasteiger partial charge on any atom is 0.142 e. The van der Waals surface area contributed by atoms with Crippen LogP contribution in [0.15, 0.2) is 57.5 Å². The zero-order chi connectivity index (χ0) is 16.7. The van der Waals surface area contributed by atoms with Crippen LogP contribution in [0.4, 0.5) is 0 Å². The van der Waals surface area contributed by atoms with Crippen molar-refractivity contribution in [3.63, 3.8) is 0 Å². The Labute approximate surface area is 159 Å². The van der Waals surface area contributed by atoms with Crippen LogP contribution in [-0.4, -0.2) is 5.78 Å². The Morgan fingerprint density at radius 2 is 1.17 bits per heavy atom. The number of piperidine rings is 1. The number of hydrogen-bond donors (Lipinski definition) is 1. The summed E-state index contributed by atoms with van der Waals surface area (Å²) >= 11 is 7.00. The van der Waals surface area contributed by atoms with Gasteiger partial charge in [0.15, 0.2) is 0 Å². The third-order valence-corrected chi connectivity index (χ3v) is 6.44. The van der Waals surface area contributed by atoms with Gasteiger partial charge in [0, 0.05) is 32.9 Å². The summed E-state index contributed by atoms with van der Waals surface area (Å²) in [6.45, 7) is 0. The molecule has 1 aliphatic heterocycles. The standard InChI is InChI=1S/C20H19Br2NO/c21-14-8-4-12(5-9-14)18-16-2-1-3-17(20(16)24)19(23-18)13-6-10-15(22)11-7-13/h4-11,16-19,23H,1-3H2/t16-,17-,18-,19-/m1/s1. The molecule has 0 unspecified atom stereocenters. The monoisotopic (exact) mass is 447 g/mol. The van der Waals surface area contributed by atoms with E-state index in [1.54, 1.807) is 0 Å². The molecule has 2 bridgehead atoms. The molecule has 2 aliphatic rings. The Morgan fingerprint density at radius 3 is 1.58 bits per heavy atom. The highest BCUT2D eigenvalue weighted by Crippen LogP contribution is 2.45. The molecule has 0 radical (unpaired) electrons. The quantitative estimate of drug-likeness (QED) is 0.649. The molecule has 4 rings (SSSR count). The number of hydrogen-bond acceptors (Lipinski definition) is 2. The van der Waals surface area contributed by atoms with Crippen molar-refractivity contribution in [1.82, 2.24) is 5.32 Å². The van der Waals surface area contributed by atoms with Crippen molar-refractivity contribution in [3.05, 3.63) is 68.6 Å². The van der Waals surface area contributed by atoms with Crippen LogP contribution in [0.5, 0.6) is 0 Å². The van der Waals surface area contributed by atoms with Crippen LogP contribution in [0.3, 0.4) is 0 Å². The molecule has 0 spiro atoms. The number of benzene rings is 2. The predicted octanol–water partition coefficient (Wildman–Crippen LogP) is 5.58. The molecule has 24 heavy (non-hydrogen) atoms. The summed E-state index contributed by atoms with van der Waals surface area (Å²) < 4.78 is 2.14. The first-order valence-electron chi connectivity index (χ1n) is 8.44. The fraction of sp³-hybridized carbons (Fsp3) is 0.350.